The van der Waals surface area contributed by atoms with Crippen molar-refractivity contribution in [3.05, 3.63) is 33.8 Å². The molecule has 1 atom stereocenters. The molecule has 0 bridgehead atoms. The molecule has 22 heavy (non-hydrogen) atoms. The van der Waals surface area contributed by atoms with Crippen LogP contribution in [0.5, 0.6) is 0 Å². The fraction of sp³-hybridized carbons (Fsp3) is 0.562. The molecule has 1 fully saturated rings. The molecule has 0 radical (unpaired) electrons. The van der Waals surface area contributed by atoms with Gasteiger partial charge in [-0.25, -0.2) is 4.79 Å². The van der Waals surface area contributed by atoms with Gasteiger partial charge in [-0.05, 0) is 45.5 Å². The van der Waals surface area contributed by atoms with Crippen LogP contribution in [-0.4, -0.2) is 48.2 Å². The Balaban J connectivity index is 2.14. The third-order valence-corrected chi connectivity index (χ3v) is 4.37. The Kier molecular flexibility index (Phi) is 5.25. The summed E-state index contributed by atoms with van der Waals surface area (Å²) in [5.74, 6) is 0. The maximum atomic E-state index is 12.3. The lowest BCUT2D eigenvalue weighted by Gasteiger charge is -2.40. The van der Waals surface area contributed by atoms with Crippen LogP contribution >= 0.6 is 23.2 Å². The summed E-state index contributed by atoms with van der Waals surface area (Å²) in [6.07, 6.45) is -0.273. The minimum atomic E-state index is -0.487. The molecule has 1 aliphatic heterocycles. The molecule has 1 heterocycles. The zero-order chi connectivity index (χ0) is 16.5. The number of hydrogen-bond donors (Lipinski definition) is 0. The second-order valence-electron chi connectivity index (χ2n) is 6.60. The number of carbonyl (C=O) groups excluding carboxylic acids is 1. The Morgan fingerprint density at radius 3 is 2.50 bits per heavy atom. The third-order valence-electron chi connectivity index (χ3n) is 3.63. The summed E-state index contributed by atoms with van der Waals surface area (Å²) in [6, 6.07) is 5.69. The summed E-state index contributed by atoms with van der Waals surface area (Å²) in [7, 11) is 2.04. The number of ether oxygens (including phenoxy) is 1. The van der Waals surface area contributed by atoms with E-state index in [0.717, 1.165) is 12.1 Å². The maximum absolute atomic E-state index is 12.3. The van der Waals surface area contributed by atoms with Gasteiger partial charge in [0.25, 0.3) is 0 Å². The molecule has 1 aromatic rings. The van der Waals surface area contributed by atoms with Crippen LogP contribution < -0.4 is 0 Å². The minimum absolute atomic E-state index is 0.0797. The Hall–Kier alpha value is -0.970. The van der Waals surface area contributed by atoms with Crippen molar-refractivity contribution in [3.63, 3.8) is 0 Å². The van der Waals surface area contributed by atoms with Gasteiger partial charge in [-0.1, -0.05) is 29.3 Å². The summed E-state index contributed by atoms with van der Waals surface area (Å²) in [5.41, 5.74) is 0.560. The number of amides is 1. The van der Waals surface area contributed by atoms with Gasteiger partial charge in [-0.15, -0.1) is 0 Å². The van der Waals surface area contributed by atoms with Crippen molar-refractivity contribution in [1.29, 1.82) is 0 Å². The number of likely N-dealkylation sites (N-methyl/N-ethyl adjacent to an activating group) is 1. The summed E-state index contributed by atoms with van der Waals surface area (Å²) in [6.45, 7) is 7.63. The minimum Gasteiger partial charge on any atom is -0.444 e. The van der Waals surface area contributed by atoms with E-state index in [0.29, 0.717) is 23.1 Å². The number of rotatable bonds is 1. The predicted octanol–water partition coefficient (Wildman–Crippen LogP) is 4.22. The highest BCUT2D eigenvalue weighted by Crippen LogP contribution is 2.30. The largest absolute Gasteiger partial charge is 0.444 e. The van der Waals surface area contributed by atoms with E-state index in [9.17, 15) is 4.79 Å². The standard InChI is InChI=1S/C16H22Cl2N2O2/c1-16(2,3)22-15(21)20-8-7-19(4)14(10-20)11-5-6-12(17)13(18)9-11/h5-6,9,14H,7-8,10H2,1-4H3. The first-order valence-corrected chi connectivity index (χ1v) is 8.06. The average molecular weight is 345 g/mol. The van der Waals surface area contributed by atoms with Crippen molar-refractivity contribution >= 4 is 29.3 Å². The van der Waals surface area contributed by atoms with E-state index < -0.39 is 5.60 Å². The number of halogens is 2. The summed E-state index contributed by atoms with van der Waals surface area (Å²) < 4.78 is 5.46. The van der Waals surface area contributed by atoms with Crippen LogP contribution in [0.3, 0.4) is 0 Å². The lowest BCUT2D eigenvalue weighted by molar-refractivity contribution is 0.00739. The molecule has 1 amide bonds. The van der Waals surface area contributed by atoms with Crippen LogP contribution in [0.4, 0.5) is 4.79 Å². The Morgan fingerprint density at radius 2 is 1.91 bits per heavy atom. The molecule has 2 rings (SSSR count). The third kappa shape index (κ3) is 4.28. The Labute approximate surface area is 141 Å². The molecule has 1 aliphatic rings. The zero-order valence-corrected chi connectivity index (χ0v) is 14.9. The second kappa shape index (κ2) is 6.65. The van der Waals surface area contributed by atoms with E-state index in [-0.39, 0.29) is 12.1 Å². The molecule has 1 unspecified atom stereocenters. The highest BCUT2D eigenvalue weighted by Gasteiger charge is 2.31. The Morgan fingerprint density at radius 1 is 1.23 bits per heavy atom. The van der Waals surface area contributed by atoms with Crippen molar-refractivity contribution in [3.8, 4) is 0 Å². The number of benzene rings is 1. The van der Waals surface area contributed by atoms with Crippen molar-refractivity contribution in [2.24, 2.45) is 0 Å². The van der Waals surface area contributed by atoms with E-state index in [4.69, 9.17) is 27.9 Å². The van der Waals surface area contributed by atoms with Crippen molar-refractivity contribution in [1.82, 2.24) is 9.80 Å². The highest BCUT2D eigenvalue weighted by molar-refractivity contribution is 6.42. The predicted molar refractivity (Wildman–Crippen MR) is 89.6 cm³/mol. The van der Waals surface area contributed by atoms with Crippen LogP contribution in [0.2, 0.25) is 10.0 Å². The van der Waals surface area contributed by atoms with E-state index in [2.05, 4.69) is 4.90 Å². The monoisotopic (exact) mass is 344 g/mol. The molecular weight excluding hydrogens is 323 g/mol. The van der Waals surface area contributed by atoms with Gasteiger partial charge in [0.1, 0.15) is 5.60 Å². The molecule has 0 aromatic heterocycles. The summed E-state index contributed by atoms with van der Waals surface area (Å²) >= 11 is 12.1. The van der Waals surface area contributed by atoms with E-state index in [1.165, 1.54) is 0 Å². The van der Waals surface area contributed by atoms with Crippen LogP contribution in [0, 0.1) is 0 Å². The van der Waals surface area contributed by atoms with Crippen LogP contribution in [0.15, 0.2) is 18.2 Å². The number of hydrogen-bond acceptors (Lipinski definition) is 3. The highest BCUT2D eigenvalue weighted by atomic mass is 35.5. The average Bonchev–Trinajstić information content (AvgIpc) is 2.40. The summed E-state index contributed by atoms with van der Waals surface area (Å²) in [5, 5.41) is 1.06. The molecule has 6 heteroatoms. The van der Waals surface area contributed by atoms with Gasteiger partial charge in [0.2, 0.25) is 0 Å². The molecule has 4 nitrogen and oxygen atoms in total. The molecular formula is C16H22Cl2N2O2. The Bertz CT molecular complexity index is 558. The molecule has 0 aliphatic carbocycles. The van der Waals surface area contributed by atoms with Crippen molar-refractivity contribution < 1.29 is 9.53 Å². The number of carbonyl (C=O) groups is 1. The van der Waals surface area contributed by atoms with Gasteiger partial charge in [-0.3, -0.25) is 4.90 Å². The van der Waals surface area contributed by atoms with Crippen LogP contribution in [-0.2, 0) is 4.74 Å². The van der Waals surface area contributed by atoms with E-state index in [1.54, 1.807) is 11.0 Å². The molecule has 1 saturated heterocycles. The van der Waals surface area contributed by atoms with Gasteiger partial charge < -0.3 is 9.64 Å². The number of piperazine rings is 1. The van der Waals surface area contributed by atoms with E-state index in [1.807, 2.05) is 40.0 Å². The van der Waals surface area contributed by atoms with Crippen molar-refractivity contribution in [2.75, 3.05) is 26.7 Å². The molecule has 0 N–H and O–H groups in total. The molecule has 122 valence electrons. The maximum Gasteiger partial charge on any atom is 0.410 e. The smallest absolute Gasteiger partial charge is 0.410 e. The second-order valence-corrected chi connectivity index (χ2v) is 7.41. The van der Waals surface area contributed by atoms with Gasteiger partial charge in [0.15, 0.2) is 0 Å². The van der Waals surface area contributed by atoms with E-state index >= 15 is 0 Å². The first kappa shape index (κ1) is 17.4. The summed E-state index contributed by atoms with van der Waals surface area (Å²) in [4.78, 5) is 16.2. The van der Waals surface area contributed by atoms with Gasteiger partial charge in [0.05, 0.1) is 16.1 Å². The lowest BCUT2D eigenvalue weighted by Crippen LogP contribution is -2.50. The lowest BCUT2D eigenvalue weighted by atomic mass is 10.0. The number of nitrogens with zero attached hydrogens (tertiary/aromatic N) is 2. The van der Waals surface area contributed by atoms with Crippen LogP contribution in [0.1, 0.15) is 32.4 Å². The quantitative estimate of drug-likeness (QED) is 0.764. The first-order valence-electron chi connectivity index (χ1n) is 7.30. The zero-order valence-electron chi connectivity index (χ0n) is 13.4. The van der Waals surface area contributed by atoms with Gasteiger partial charge >= 0.3 is 6.09 Å². The normalized spacial score (nSPS) is 20.1. The van der Waals surface area contributed by atoms with Gasteiger partial charge in [0, 0.05) is 19.6 Å². The van der Waals surface area contributed by atoms with Crippen molar-refractivity contribution in [2.45, 2.75) is 32.4 Å². The SMILES string of the molecule is CN1CCN(C(=O)OC(C)(C)C)CC1c1ccc(Cl)c(Cl)c1. The first-order chi connectivity index (χ1) is 10.2. The topological polar surface area (TPSA) is 32.8 Å². The molecule has 1 aromatic carbocycles. The van der Waals surface area contributed by atoms with Gasteiger partial charge in [-0.2, -0.15) is 0 Å². The molecule has 0 spiro atoms. The molecule has 0 saturated carbocycles. The fourth-order valence-corrected chi connectivity index (χ4v) is 2.75. The fourth-order valence-electron chi connectivity index (χ4n) is 2.45. The van der Waals surface area contributed by atoms with Crippen LogP contribution in [0.25, 0.3) is 0 Å².